The third-order valence-electron chi connectivity index (χ3n) is 4.42. The first-order valence-electron chi connectivity index (χ1n) is 8.92. The second kappa shape index (κ2) is 8.83. The third kappa shape index (κ3) is 4.97. The van der Waals surface area contributed by atoms with Gasteiger partial charge in [0.15, 0.2) is 0 Å². The molecular weight excluding hydrogens is 381 g/mol. The molecule has 150 valence electrons. The molecule has 0 aliphatic rings. The van der Waals surface area contributed by atoms with Crippen LogP contribution in [0.2, 0.25) is 0 Å². The maximum Gasteiger partial charge on any atom is 0.418 e. The summed E-state index contributed by atoms with van der Waals surface area (Å²) in [6, 6.07) is 14.5. The summed E-state index contributed by atoms with van der Waals surface area (Å²) in [5.41, 5.74) is 5.11. The minimum atomic E-state index is -4.71. The Bertz CT molecular complexity index is 963. The van der Waals surface area contributed by atoms with E-state index in [1.807, 2.05) is 30.3 Å². The molecule has 0 bridgehead atoms. The van der Waals surface area contributed by atoms with Crippen LogP contribution in [0.15, 0.2) is 67.0 Å². The zero-order chi connectivity index (χ0) is 20.9. The number of ketones is 1. The van der Waals surface area contributed by atoms with E-state index in [0.29, 0.717) is 13.1 Å². The second-order valence-corrected chi connectivity index (χ2v) is 6.39. The van der Waals surface area contributed by atoms with Crippen LogP contribution in [0, 0.1) is 0 Å². The predicted octanol–water partition coefficient (Wildman–Crippen LogP) is 3.88. The number of benzene rings is 1. The summed E-state index contributed by atoms with van der Waals surface area (Å²) in [7, 11) is 0. The number of nitrogens with two attached hydrogens (primary N) is 1. The first-order valence-corrected chi connectivity index (χ1v) is 8.92. The summed E-state index contributed by atoms with van der Waals surface area (Å²) in [4.78, 5) is 20.4. The molecule has 2 aromatic heterocycles. The number of rotatable bonds is 7. The molecule has 3 aromatic rings. The molecule has 3 N–H and O–H groups in total. The normalized spacial score (nSPS) is 12.4. The summed E-state index contributed by atoms with van der Waals surface area (Å²) >= 11 is 0. The fourth-order valence-corrected chi connectivity index (χ4v) is 2.88. The van der Waals surface area contributed by atoms with Gasteiger partial charge in [0.1, 0.15) is 11.5 Å². The molecule has 0 aliphatic carbocycles. The molecule has 0 aliphatic heterocycles. The summed E-state index contributed by atoms with van der Waals surface area (Å²) in [5, 5.41) is 2.99. The summed E-state index contributed by atoms with van der Waals surface area (Å²) in [5.74, 6) is -0.732. The first kappa shape index (κ1) is 20.5. The van der Waals surface area contributed by atoms with E-state index in [1.165, 1.54) is 30.6 Å². The van der Waals surface area contributed by atoms with Crippen molar-refractivity contribution in [2.24, 2.45) is 5.73 Å². The summed E-state index contributed by atoms with van der Waals surface area (Å²) < 4.78 is 40.2. The largest absolute Gasteiger partial charge is 0.418 e. The van der Waals surface area contributed by atoms with Crippen molar-refractivity contribution in [2.75, 3.05) is 18.4 Å². The van der Waals surface area contributed by atoms with E-state index in [-0.39, 0.29) is 17.3 Å². The molecule has 1 aromatic carbocycles. The summed E-state index contributed by atoms with van der Waals surface area (Å²) in [6.07, 6.45) is -2.06. The molecule has 0 fully saturated rings. The summed E-state index contributed by atoms with van der Waals surface area (Å²) in [6.45, 7) is 0.707. The van der Waals surface area contributed by atoms with E-state index in [4.69, 9.17) is 5.73 Å². The monoisotopic (exact) mass is 400 g/mol. The van der Waals surface area contributed by atoms with Crippen LogP contribution in [0.1, 0.15) is 33.1 Å². The zero-order valence-electron chi connectivity index (χ0n) is 15.4. The highest BCUT2D eigenvalue weighted by atomic mass is 19.4. The van der Waals surface area contributed by atoms with E-state index in [2.05, 4.69) is 15.3 Å². The number of anilines is 1. The van der Waals surface area contributed by atoms with E-state index in [1.54, 1.807) is 0 Å². The average Bonchev–Trinajstić information content (AvgIpc) is 2.74. The van der Waals surface area contributed by atoms with Gasteiger partial charge in [-0.3, -0.25) is 9.78 Å². The Balaban J connectivity index is 1.88. The number of alkyl halides is 3. The van der Waals surface area contributed by atoms with Crippen LogP contribution in [-0.4, -0.2) is 28.8 Å². The number of nitrogens with zero attached hydrogens (tertiary/aromatic N) is 2. The third-order valence-corrected chi connectivity index (χ3v) is 4.42. The van der Waals surface area contributed by atoms with E-state index >= 15 is 0 Å². The minimum absolute atomic E-state index is 0.0340. The van der Waals surface area contributed by atoms with E-state index < -0.39 is 23.2 Å². The van der Waals surface area contributed by atoms with Crippen molar-refractivity contribution >= 4 is 11.6 Å². The van der Waals surface area contributed by atoms with Crippen LogP contribution in [0.25, 0.3) is 0 Å². The average molecular weight is 400 g/mol. The Morgan fingerprint density at radius 1 is 1.07 bits per heavy atom. The van der Waals surface area contributed by atoms with E-state index in [9.17, 15) is 18.0 Å². The Kier molecular flexibility index (Phi) is 6.23. The first-order chi connectivity index (χ1) is 13.9. The molecule has 3 rings (SSSR count). The van der Waals surface area contributed by atoms with Crippen LogP contribution < -0.4 is 11.1 Å². The molecule has 0 saturated heterocycles. The number of halogens is 3. The van der Waals surface area contributed by atoms with Gasteiger partial charge in [0.05, 0.1) is 5.56 Å². The molecule has 0 saturated carbocycles. The minimum Gasteiger partial charge on any atom is -0.369 e. The number of hydrogen-bond acceptors (Lipinski definition) is 5. The van der Waals surface area contributed by atoms with Gasteiger partial charge in [0, 0.05) is 37.0 Å². The number of carbonyl (C=O) groups excluding carboxylic acids is 1. The van der Waals surface area contributed by atoms with Crippen molar-refractivity contribution in [3.05, 3.63) is 89.4 Å². The highest BCUT2D eigenvalue weighted by molar-refractivity contribution is 6.08. The molecule has 8 heteroatoms. The highest BCUT2D eigenvalue weighted by Gasteiger charge is 2.36. The van der Waals surface area contributed by atoms with Crippen molar-refractivity contribution in [2.45, 2.75) is 12.1 Å². The molecule has 29 heavy (non-hydrogen) atoms. The lowest BCUT2D eigenvalue weighted by Gasteiger charge is -2.18. The van der Waals surface area contributed by atoms with Gasteiger partial charge in [0.25, 0.3) is 0 Å². The fourth-order valence-electron chi connectivity index (χ4n) is 2.88. The van der Waals surface area contributed by atoms with Gasteiger partial charge in [-0.2, -0.15) is 13.2 Å². The number of hydrogen-bond donors (Lipinski definition) is 2. The quantitative estimate of drug-likeness (QED) is 0.589. The SMILES string of the molecule is NCC(CNc1ccc(C(F)(F)F)c(C(=O)c2cccnc2)n1)c1ccccc1. The zero-order valence-corrected chi connectivity index (χ0v) is 15.4. The molecule has 0 amide bonds. The lowest BCUT2D eigenvalue weighted by Crippen LogP contribution is -2.22. The van der Waals surface area contributed by atoms with Crippen molar-refractivity contribution < 1.29 is 18.0 Å². The van der Waals surface area contributed by atoms with Crippen LogP contribution in [0.4, 0.5) is 19.0 Å². The molecule has 5 nitrogen and oxygen atoms in total. The van der Waals surface area contributed by atoms with Crippen molar-refractivity contribution in [1.82, 2.24) is 9.97 Å². The molecule has 1 atom stereocenters. The van der Waals surface area contributed by atoms with Crippen LogP contribution >= 0.6 is 0 Å². The molecule has 0 radical (unpaired) electrons. The van der Waals surface area contributed by atoms with Gasteiger partial charge >= 0.3 is 6.18 Å². The maximum absolute atomic E-state index is 13.4. The predicted molar refractivity (Wildman–Crippen MR) is 104 cm³/mol. The van der Waals surface area contributed by atoms with Crippen LogP contribution in [0.5, 0.6) is 0 Å². The van der Waals surface area contributed by atoms with Crippen molar-refractivity contribution in [1.29, 1.82) is 0 Å². The second-order valence-electron chi connectivity index (χ2n) is 6.39. The van der Waals surface area contributed by atoms with Gasteiger partial charge in [-0.15, -0.1) is 0 Å². The van der Waals surface area contributed by atoms with Crippen molar-refractivity contribution in [3.63, 3.8) is 0 Å². The maximum atomic E-state index is 13.4. The Morgan fingerprint density at radius 2 is 1.83 bits per heavy atom. The number of aromatic nitrogens is 2. The molecular formula is C21H19F3N4O. The van der Waals surface area contributed by atoms with Gasteiger partial charge in [-0.25, -0.2) is 4.98 Å². The Hall–Kier alpha value is -3.26. The number of pyridine rings is 2. The Labute approximate surface area is 165 Å². The van der Waals surface area contributed by atoms with Gasteiger partial charge in [-0.05, 0) is 29.8 Å². The topological polar surface area (TPSA) is 80.9 Å². The lowest BCUT2D eigenvalue weighted by molar-refractivity contribution is -0.138. The molecule has 1 unspecified atom stereocenters. The number of carbonyl (C=O) groups is 1. The molecule has 2 heterocycles. The standard InChI is InChI=1S/C21H19F3N4O/c22-21(23,24)17-8-9-18(27-13-16(11-25)14-5-2-1-3-6-14)28-19(17)20(29)15-7-4-10-26-12-15/h1-10,12,16H,11,13,25H2,(H,27,28). The lowest BCUT2D eigenvalue weighted by atomic mass is 9.99. The molecule has 0 spiro atoms. The highest BCUT2D eigenvalue weighted by Crippen LogP contribution is 2.33. The van der Waals surface area contributed by atoms with Crippen molar-refractivity contribution in [3.8, 4) is 0 Å². The van der Waals surface area contributed by atoms with E-state index in [0.717, 1.165) is 11.6 Å². The fraction of sp³-hybridized carbons (Fsp3) is 0.190. The Morgan fingerprint density at radius 3 is 2.45 bits per heavy atom. The number of nitrogens with one attached hydrogen (secondary N) is 1. The van der Waals surface area contributed by atoms with Gasteiger partial charge < -0.3 is 11.1 Å². The van der Waals surface area contributed by atoms with Crippen LogP contribution in [0.3, 0.4) is 0 Å². The smallest absolute Gasteiger partial charge is 0.369 e. The van der Waals surface area contributed by atoms with Gasteiger partial charge in [0.2, 0.25) is 5.78 Å². The van der Waals surface area contributed by atoms with Crippen LogP contribution in [-0.2, 0) is 6.18 Å². The van der Waals surface area contributed by atoms with Gasteiger partial charge in [-0.1, -0.05) is 30.3 Å².